The second-order valence-electron chi connectivity index (χ2n) is 11.1. The molecule has 2 N–H and O–H groups in total. The van der Waals surface area contributed by atoms with E-state index in [9.17, 15) is 9.18 Å². The van der Waals surface area contributed by atoms with E-state index in [1.54, 1.807) is 18.5 Å². The Labute approximate surface area is 228 Å². The molecule has 1 atom stereocenters. The number of amides is 1. The number of rotatable bonds is 7. The van der Waals surface area contributed by atoms with Gasteiger partial charge in [-0.1, -0.05) is 42.0 Å². The predicted molar refractivity (Wildman–Crippen MR) is 148 cm³/mol. The minimum Gasteiger partial charge on any atom is -0.489 e. The molecular formula is C32H34FN3O3. The lowest BCUT2D eigenvalue weighted by Gasteiger charge is -2.52. The van der Waals surface area contributed by atoms with Crippen LogP contribution in [-0.2, 0) is 4.74 Å². The smallest absolute Gasteiger partial charge is 0.253 e. The number of hydrogen-bond donors (Lipinski definition) is 2. The second kappa shape index (κ2) is 10.9. The molecule has 1 saturated carbocycles. The normalized spacial score (nSPS) is 19.1. The molecule has 2 saturated heterocycles. The van der Waals surface area contributed by atoms with E-state index in [2.05, 4.69) is 39.9 Å². The fourth-order valence-electron chi connectivity index (χ4n) is 5.85. The van der Waals surface area contributed by atoms with Crippen molar-refractivity contribution in [1.29, 1.82) is 0 Å². The monoisotopic (exact) mass is 527 g/mol. The maximum Gasteiger partial charge on any atom is 0.253 e. The Morgan fingerprint density at radius 1 is 1.03 bits per heavy atom. The molecule has 6 rings (SSSR count). The van der Waals surface area contributed by atoms with Crippen molar-refractivity contribution in [3.8, 4) is 5.75 Å². The van der Waals surface area contributed by atoms with Crippen molar-refractivity contribution in [1.82, 2.24) is 15.6 Å². The maximum atomic E-state index is 13.7. The van der Waals surface area contributed by atoms with Crippen LogP contribution in [0, 0.1) is 11.2 Å². The van der Waals surface area contributed by atoms with Crippen molar-refractivity contribution in [2.45, 2.75) is 44.8 Å². The predicted octanol–water partition coefficient (Wildman–Crippen LogP) is 5.45. The maximum absolute atomic E-state index is 13.7. The van der Waals surface area contributed by atoms with Gasteiger partial charge in [0.25, 0.3) is 5.91 Å². The van der Waals surface area contributed by atoms with Crippen molar-refractivity contribution >= 4 is 11.5 Å². The summed E-state index contributed by atoms with van der Waals surface area (Å²) in [4.78, 5) is 17.2. The molecule has 39 heavy (non-hydrogen) atoms. The van der Waals surface area contributed by atoms with E-state index in [1.165, 1.54) is 23.3 Å². The third-order valence-electron chi connectivity index (χ3n) is 8.16. The number of hydrogen-bond acceptors (Lipinski definition) is 5. The SMILES string of the molecule is C[C@@H](NC(=O)c1cncc(OC2CCOCC2)c1)c1ccc(C(=C2CC3(CNC3)C2)c2ccc(F)cc2)cc1. The number of halogens is 1. The van der Waals surface area contributed by atoms with Gasteiger partial charge in [0.1, 0.15) is 17.7 Å². The standard InChI is InChI=1S/C32H34FN3O3/c1-21(36-31(37)25-14-29(18-34-17-25)39-28-10-12-38-13-11-28)22-2-4-23(5-3-22)30(24-6-8-27(33)9-7-24)26-15-32(16-26)19-35-20-32/h2-9,14,17-18,21,28,35H,10-13,15-16,19-20H2,1H3,(H,36,37)/t21-/m1/s1. The van der Waals surface area contributed by atoms with Gasteiger partial charge in [0, 0.05) is 37.5 Å². The quantitative estimate of drug-likeness (QED) is 0.427. The molecule has 1 amide bonds. The van der Waals surface area contributed by atoms with Crippen LogP contribution in [0.5, 0.6) is 5.75 Å². The third-order valence-corrected chi connectivity index (χ3v) is 8.16. The molecule has 3 fully saturated rings. The first-order chi connectivity index (χ1) is 19.0. The van der Waals surface area contributed by atoms with Crippen molar-refractivity contribution in [3.05, 3.63) is 101 Å². The molecule has 2 aliphatic heterocycles. The van der Waals surface area contributed by atoms with Gasteiger partial charge in [-0.25, -0.2) is 4.39 Å². The summed E-state index contributed by atoms with van der Waals surface area (Å²) in [7, 11) is 0. The van der Waals surface area contributed by atoms with Gasteiger partial charge in [0.05, 0.1) is 31.0 Å². The summed E-state index contributed by atoms with van der Waals surface area (Å²) in [5.74, 6) is 0.176. The lowest BCUT2D eigenvalue weighted by molar-refractivity contribution is 0.0254. The topological polar surface area (TPSA) is 72.5 Å². The Hall–Kier alpha value is -3.55. The Balaban J connectivity index is 1.15. The largest absolute Gasteiger partial charge is 0.489 e. The van der Waals surface area contributed by atoms with Crippen molar-refractivity contribution in [2.24, 2.45) is 5.41 Å². The highest BCUT2D eigenvalue weighted by atomic mass is 19.1. The first-order valence-corrected chi connectivity index (χ1v) is 13.8. The van der Waals surface area contributed by atoms with Gasteiger partial charge >= 0.3 is 0 Å². The lowest BCUT2D eigenvalue weighted by atomic mass is 9.60. The van der Waals surface area contributed by atoms with Crippen LogP contribution in [-0.4, -0.2) is 43.3 Å². The summed E-state index contributed by atoms with van der Waals surface area (Å²) in [6.45, 7) is 5.50. The van der Waals surface area contributed by atoms with E-state index in [0.717, 1.165) is 55.5 Å². The molecule has 0 unspecified atom stereocenters. The van der Waals surface area contributed by atoms with Crippen molar-refractivity contribution < 1.29 is 18.7 Å². The zero-order chi connectivity index (χ0) is 26.8. The molecule has 0 bridgehead atoms. The number of pyridine rings is 1. The summed E-state index contributed by atoms with van der Waals surface area (Å²) in [5, 5.41) is 6.48. The molecule has 7 heteroatoms. The van der Waals surface area contributed by atoms with E-state index in [1.807, 2.05) is 19.1 Å². The number of nitrogens with zero attached hydrogens (tertiary/aromatic N) is 1. The van der Waals surface area contributed by atoms with Gasteiger partial charge in [-0.05, 0) is 60.2 Å². The van der Waals surface area contributed by atoms with Crippen molar-refractivity contribution in [2.75, 3.05) is 26.3 Å². The van der Waals surface area contributed by atoms with Gasteiger partial charge in [-0.15, -0.1) is 0 Å². The number of carbonyl (C=O) groups is 1. The highest BCUT2D eigenvalue weighted by Crippen LogP contribution is 2.51. The summed E-state index contributed by atoms with van der Waals surface area (Å²) in [6, 6.07) is 16.7. The van der Waals surface area contributed by atoms with E-state index in [-0.39, 0.29) is 23.9 Å². The summed E-state index contributed by atoms with van der Waals surface area (Å²) in [6.07, 6.45) is 7.11. The Kier molecular flexibility index (Phi) is 7.19. The van der Waals surface area contributed by atoms with Crippen LogP contribution < -0.4 is 15.4 Å². The number of aromatic nitrogens is 1. The molecule has 1 aliphatic carbocycles. The zero-order valence-electron chi connectivity index (χ0n) is 22.2. The highest BCUT2D eigenvalue weighted by Gasteiger charge is 2.46. The summed E-state index contributed by atoms with van der Waals surface area (Å²) < 4.78 is 25.1. The fourth-order valence-corrected chi connectivity index (χ4v) is 5.85. The van der Waals surface area contributed by atoms with Crippen molar-refractivity contribution in [3.63, 3.8) is 0 Å². The highest BCUT2D eigenvalue weighted by molar-refractivity contribution is 5.94. The summed E-state index contributed by atoms with van der Waals surface area (Å²) in [5.41, 5.74) is 6.65. The van der Waals surface area contributed by atoms with E-state index in [4.69, 9.17) is 9.47 Å². The first-order valence-electron chi connectivity index (χ1n) is 13.8. The fraction of sp³-hybridized carbons (Fsp3) is 0.375. The molecule has 0 radical (unpaired) electrons. The minimum atomic E-state index is -0.229. The van der Waals surface area contributed by atoms with Gasteiger partial charge in [-0.2, -0.15) is 0 Å². The Morgan fingerprint density at radius 2 is 1.69 bits per heavy atom. The molecular weight excluding hydrogens is 493 g/mol. The molecule has 202 valence electrons. The van der Waals surface area contributed by atoms with Crippen LogP contribution in [0.3, 0.4) is 0 Å². The van der Waals surface area contributed by atoms with Crippen LogP contribution in [0.2, 0.25) is 0 Å². The number of allylic oxidation sites excluding steroid dienone is 1. The zero-order valence-corrected chi connectivity index (χ0v) is 22.2. The second-order valence-corrected chi connectivity index (χ2v) is 11.1. The van der Waals surface area contributed by atoms with E-state index in [0.29, 0.717) is 29.9 Å². The number of nitrogens with one attached hydrogen (secondary N) is 2. The molecule has 1 spiro atoms. The minimum absolute atomic E-state index is 0.0851. The van der Waals surface area contributed by atoms with Crippen LogP contribution >= 0.6 is 0 Å². The van der Waals surface area contributed by atoms with E-state index < -0.39 is 0 Å². The van der Waals surface area contributed by atoms with E-state index >= 15 is 0 Å². The molecule has 2 aromatic carbocycles. The summed E-state index contributed by atoms with van der Waals surface area (Å²) >= 11 is 0. The number of carbonyl (C=O) groups excluding carboxylic acids is 1. The lowest BCUT2D eigenvalue weighted by Crippen LogP contribution is -2.58. The molecule has 1 aromatic heterocycles. The number of benzene rings is 2. The number of ether oxygens (including phenoxy) is 2. The van der Waals surface area contributed by atoms with Crippen LogP contribution in [0.25, 0.3) is 5.57 Å². The Morgan fingerprint density at radius 3 is 2.33 bits per heavy atom. The Bertz CT molecular complexity index is 1350. The van der Waals surface area contributed by atoms with Crippen LogP contribution in [0.1, 0.15) is 65.7 Å². The van der Waals surface area contributed by atoms with Gasteiger partial charge in [0.15, 0.2) is 0 Å². The molecule has 3 aliphatic rings. The van der Waals surface area contributed by atoms with Gasteiger partial charge < -0.3 is 20.1 Å². The molecule has 3 aromatic rings. The first kappa shape index (κ1) is 25.7. The van der Waals surface area contributed by atoms with Gasteiger partial charge in [-0.3, -0.25) is 9.78 Å². The average Bonchev–Trinajstić information content (AvgIpc) is 2.91. The van der Waals surface area contributed by atoms with Gasteiger partial charge in [0.2, 0.25) is 0 Å². The molecule has 3 heterocycles. The van der Waals surface area contributed by atoms with Crippen LogP contribution in [0.15, 0.2) is 72.6 Å². The van der Waals surface area contributed by atoms with Crippen LogP contribution in [0.4, 0.5) is 4.39 Å². The average molecular weight is 528 g/mol. The third kappa shape index (κ3) is 5.60. The molecule has 6 nitrogen and oxygen atoms in total.